The molecule has 5 rings (SSSR count). The molecular weight excluding hydrogens is 420 g/mol. The third kappa shape index (κ3) is 3.77. The first-order valence-corrected chi connectivity index (χ1v) is 11.6. The number of nitrogens with zero attached hydrogens (tertiary/aromatic N) is 2. The summed E-state index contributed by atoms with van der Waals surface area (Å²) in [6.45, 7) is 7.24. The summed E-state index contributed by atoms with van der Waals surface area (Å²) in [4.78, 5) is 26.4. The van der Waals surface area contributed by atoms with Crippen LogP contribution in [0.4, 0.5) is 0 Å². The van der Waals surface area contributed by atoms with Gasteiger partial charge < -0.3 is 9.47 Å². The van der Waals surface area contributed by atoms with Crippen LogP contribution in [0, 0.1) is 12.8 Å². The first-order chi connectivity index (χ1) is 15.5. The number of benzene rings is 2. The summed E-state index contributed by atoms with van der Waals surface area (Å²) in [5.74, 6) is 0.997. The van der Waals surface area contributed by atoms with Crippen LogP contribution in [0.5, 0.6) is 0 Å². The summed E-state index contributed by atoms with van der Waals surface area (Å²) >= 11 is 6.39. The van der Waals surface area contributed by atoms with Gasteiger partial charge in [-0.15, -0.1) is 0 Å². The number of carbonyl (C=O) groups excluding carboxylic acids is 2. The highest BCUT2D eigenvalue weighted by molar-refractivity contribution is 6.31. The third-order valence-corrected chi connectivity index (χ3v) is 7.06. The zero-order valence-electron chi connectivity index (χ0n) is 18.3. The van der Waals surface area contributed by atoms with Gasteiger partial charge in [0.1, 0.15) is 0 Å². The molecule has 5 heteroatoms. The van der Waals surface area contributed by atoms with E-state index in [0.717, 1.165) is 16.6 Å². The van der Waals surface area contributed by atoms with Gasteiger partial charge >= 0.3 is 0 Å². The molecular formula is C27H27ClN2O2. The van der Waals surface area contributed by atoms with E-state index in [1.165, 1.54) is 35.6 Å². The van der Waals surface area contributed by atoms with Crippen LogP contribution in [0.25, 0.3) is 22.0 Å². The highest BCUT2D eigenvalue weighted by Crippen LogP contribution is 2.47. The Hall–Kier alpha value is -2.85. The monoisotopic (exact) mass is 446 g/mol. The van der Waals surface area contributed by atoms with Gasteiger partial charge in [-0.25, -0.2) is 0 Å². The second-order valence-electron chi connectivity index (χ2n) is 9.13. The minimum absolute atomic E-state index is 0.0585. The van der Waals surface area contributed by atoms with Gasteiger partial charge in [-0.3, -0.25) is 9.59 Å². The lowest BCUT2D eigenvalue weighted by molar-refractivity contribution is -0.134. The Kier molecular flexibility index (Phi) is 5.42. The van der Waals surface area contributed by atoms with Gasteiger partial charge in [-0.05, 0) is 61.1 Å². The molecule has 1 saturated heterocycles. The van der Waals surface area contributed by atoms with E-state index >= 15 is 0 Å². The average molecular weight is 447 g/mol. The zero-order chi connectivity index (χ0) is 22.4. The lowest BCUT2D eigenvalue weighted by Crippen LogP contribution is -2.50. The van der Waals surface area contributed by atoms with Gasteiger partial charge in [-0.2, -0.15) is 0 Å². The molecule has 4 nitrogen and oxygen atoms in total. The van der Waals surface area contributed by atoms with Crippen molar-refractivity contribution in [1.29, 1.82) is 0 Å². The molecule has 164 valence electrons. The Bertz CT molecular complexity index is 1230. The van der Waals surface area contributed by atoms with E-state index in [9.17, 15) is 9.59 Å². The number of hydrogen-bond acceptors (Lipinski definition) is 2. The summed E-state index contributed by atoms with van der Waals surface area (Å²) in [6.07, 6.45) is 4.29. The van der Waals surface area contributed by atoms with Crippen molar-refractivity contribution < 1.29 is 9.59 Å². The molecule has 1 aliphatic heterocycles. The zero-order valence-corrected chi connectivity index (χ0v) is 19.1. The summed E-state index contributed by atoms with van der Waals surface area (Å²) in [5.41, 5.74) is 5.97. The molecule has 0 radical (unpaired) electrons. The fourth-order valence-electron chi connectivity index (χ4n) is 5.04. The molecule has 0 unspecified atom stereocenters. The van der Waals surface area contributed by atoms with Crippen LogP contribution in [0.3, 0.4) is 0 Å². The Labute approximate surface area is 193 Å². The number of hydrogen-bond donors (Lipinski definition) is 0. The summed E-state index contributed by atoms with van der Waals surface area (Å²) in [5, 5.41) is 1.80. The molecule has 0 spiro atoms. The molecule has 2 aliphatic rings. The predicted octanol–water partition coefficient (Wildman–Crippen LogP) is 5.75. The first-order valence-electron chi connectivity index (χ1n) is 11.3. The van der Waals surface area contributed by atoms with Gasteiger partial charge in [0.25, 0.3) is 0 Å². The maximum atomic E-state index is 13.0. The molecule has 1 aromatic heterocycles. The van der Waals surface area contributed by atoms with E-state index < -0.39 is 0 Å². The van der Waals surface area contributed by atoms with Crippen molar-refractivity contribution in [3.05, 3.63) is 71.4 Å². The lowest BCUT2D eigenvalue weighted by Gasteiger charge is -2.38. The number of halogens is 1. The highest BCUT2D eigenvalue weighted by atomic mass is 35.5. The van der Waals surface area contributed by atoms with Crippen LogP contribution in [0.1, 0.15) is 36.4 Å². The Morgan fingerprint density at radius 2 is 1.91 bits per heavy atom. The van der Waals surface area contributed by atoms with Crippen LogP contribution in [-0.2, 0) is 16.1 Å². The quantitative estimate of drug-likeness (QED) is 0.433. The second kappa shape index (κ2) is 8.25. The number of aromatic nitrogens is 1. The number of Topliss-reactive ketones (excluding diaryl/α,β-unsaturated/α-hetero) is 1. The molecule has 0 N–H and O–H groups in total. The molecule has 2 aromatic carbocycles. The summed E-state index contributed by atoms with van der Waals surface area (Å²) in [6, 6.07) is 14.6. The first kappa shape index (κ1) is 21.0. The molecule has 2 heterocycles. The van der Waals surface area contributed by atoms with Crippen molar-refractivity contribution in [3.63, 3.8) is 0 Å². The maximum Gasteiger partial charge on any atom is 0.245 e. The summed E-state index contributed by atoms with van der Waals surface area (Å²) < 4.78 is 2.14. The average Bonchev–Trinajstić information content (AvgIpc) is 3.56. The normalized spacial score (nSPS) is 16.2. The van der Waals surface area contributed by atoms with Crippen molar-refractivity contribution >= 4 is 34.2 Å². The van der Waals surface area contributed by atoms with E-state index in [1.54, 1.807) is 4.90 Å². The maximum absolute atomic E-state index is 13.0. The Balaban J connectivity index is 1.46. The predicted molar refractivity (Wildman–Crippen MR) is 129 cm³/mol. The fraction of sp³-hybridized carbons (Fsp3) is 0.333. The van der Waals surface area contributed by atoms with Crippen LogP contribution >= 0.6 is 11.6 Å². The van der Waals surface area contributed by atoms with Crippen LogP contribution < -0.4 is 0 Å². The number of likely N-dealkylation sites (tertiary alicyclic amines) is 1. The van der Waals surface area contributed by atoms with E-state index in [4.69, 9.17) is 11.6 Å². The second-order valence-corrected chi connectivity index (χ2v) is 9.56. The Morgan fingerprint density at radius 1 is 1.16 bits per heavy atom. The SMILES string of the molecule is C=CC(=O)N1CC(CC(=O)Cn2c(C)c(-c3ccccc3C3CC3)c3cc(Cl)ccc32)C1. The number of ketones is 1. The van der Waals surface area contributed by atoms with Crippen molar-refractivity contribution in [2.45, 2.75) is 38.6 Å². The standard InChI is InChI=1S/C27H27ClN2O2/c1-3-26(32)29-14-18(15-29)12-21(31)16-30-17(2)27(24-13-20(28)10-11-25(24)30)23-7-5-4-6-22(23)19-8-9-19/h3-7,10-11,13,18-19H,1,8-9,12,14-16H2,2H3. The van der Waals surface area contributed by atoms with Crippen LogP contribution in [0.2, 0.25) is 5.02 Å². The summed E-state index contributed by atoms with van der Waals surface area (Å²) in [7, 11) is 0. The smallest absolute Gasteiger partial charge is 0.245 e. The van der Waals surface area contributed by atoms with Crippen molar-refractivity contribution in [3.8, 4) is 11.1 Å². The number of carbonyl (C=O) groups is 2. The van der Waals surface area contributed by atoms with Gasteiger partial charge in [0.05, 0.1) is 6.54 Å². The minimum Gasteiger partial charge on any atom is -0.338 e. The van der Waals surface area contributed by atoms with Gasteiger partial charge in [-0.1, -0.05) is 42.4 Å². The lowest BCUT2D eigenvalue weighted by atomic mass is 9.94. The molecule has 2 fully saturated rings. The van der Waals surface area contributed by atoms with E-state index in [1.807, 2.05) is 18.2 Å². The van der Waals surface area contributed by atoms with Crippen molar-refractivity contribution in [2.75, 3.05) is 13.1 Å². The number of amides is 1. The van der Waals surface area contributed by atoms with Crippen LogP contribution in [0.15, 0.2) is 55.1 Å². The molecule has 1 amide bonds. The molecule has 1 saturated carbocycles. The Morgan fingerprint density at radius 3 is 2.62 bits per heavy atom. The van der Waals surface area contributed by atoms with E-state index in [-0.39, 0.29) is 17.6 Å². The van der Waals surface area contributed by atoms with Gasteiger partial charge in [0, 0.05) is 52.6 Å². The molecule has 3 aromatic rings. The molecule has 1 aliphatic carbocycles. The van der Waals surface area contributed by atoms with Crippen molar-refractivity contribution in [2.24, 2.45) is 5.92 Å². The number of rotatable bonds is 7. The highest BCUT2D eigenvalue weighted by Gasteiger charge is 2.31. The topological polar surface area (TPSA) is 42.3 Å². The molecule has 0 bridgehead atoms. The minimum atomic E-state index is -0.0585. The molecule has 0 atom stereocenters. The van der Waals surface area contributed by atoms with E-state index in [0.29, 0.717) is 37.0 Å². The number of fused-ring (bicyclic) bond motifs is 1. The fourth-order valence-corrected chi connectivity index (χ4v) is 5.22. The van der Waals surface area contributed by atoms with Crippen molar-refractivity contribution in [1.82, 2.24) is 9.47 Å². The third-order valence-electron chi connectivity index (χ3n) is 6.83. The largest absolute Gasteiger partial charge is 0.338 e. The van der Waals surface area contributed by atoms with Crippen LogP contribution in [-0.4, -0.2) is 34.2 Å². The van der Waals surface area contributed by atoms with E-state index in [2.05, 4.69) is 42.3 Å². The molecule has 32 heavy (non-hydrogen) atoms. The van der Waals surface area contributed by atoms with Gasteiger partial charge in [0.2, 0.25) is 5.91 Å². The van der Waals surface area contributed by atoms with Gasteiger partial charge in [0.15, 0.2) is 5.78 Å².